The lowest BCUT2D eigenvalue weighted by atomic mass is 9.89. The van der Waals surface area contributed by atoms with E-state index in [0.717, 1.165) is 57.9 Å². The Bertz CT molecular complexity index is 715. The minimum Gasteiger partial charge on any atom is -0.507 e. The molecule has 1 aromatic carbocycles. The first-order valence-electron chi connectivity index (χ1n) is 10.0. The molecule has 28 heavy (non-hydrogen) atoms. The minimum atomic E-state index is 0.143. The number of hydrogen-bond acceptors (Lipinski definition) is 7. The molecule has 2 fully saturated rings. The Kier molecular flexibility index (Phi) is 6.70. The predicted octanol–water partition coefficient (Wildman–Crippen LogP) is 1.21. The molecule has 0 radical (unpaired) electrons. The molecular formula is C21H33N5O2. The van der Waals surface area contributed by atoms with E-state index in [2.05, 4.69) is 16.7 Å². The molecule has 3 rings (SSSR count). The van der Waals surface area contributed by atoms with E-state index >= 15 is 0 Å². The average Bonchev–Trinajstić information content (AvgIpc) is 2.72. The fraction of sp³-hybridized carbons (Fsp3) is 0.524. The van der Waals surface area contributed by atoms with Gasteiger partial charge in [0.15, 0.2) is 0 Å². The van der Waals surface area contributed by atoms with E-state index in [9.17, 15) is 5.11 Å². The SMILES string of the molecule is CC(C1CCN(C(/C=C(\N)c2ccccc2O)=C(N)N)CC1)N1CCOCC1. The summed E-state index contributed by atoms with van der Waals surface area (Å²) in [4.78, 5) is 4.73. The highest BCUT2D eigenvalue weighted by atomic mass is 16.5. The van der Waals surface area contributed by atoms with E-state index in [4.69, 9.17) is 21.9 Å². The molecule has 0 amide bonds. The van der Waals surface area contributed by atoms with Crippen LogP contribution in [0.25, 0.3) is 5.70 Å². The summed E-state index contributed by atoms with van der Waals surface area (Å²) in [6, 6.07) is 7.55. The molecule has 1 atom stereocenters. The fourth-order valence-corrected chi connectivity index (χ4v) is 4.21. The van der Waals surface area contributed by atoms with E-state index in [1.807, 2.05) is 6.07 Å². The van der Waals surface area contributed by atoms with Gasteiger partial charge in [0.1, 0.15) is 11.6 Å². The highest BCUT2D eigenvalue weighted by Gasteiger charge is 2.29. The van der Waals surface area contributed by atoms with Crippen LogP contribution in [0.2, 0.25) is 0 Å². The van der Waals surface area contributed by atoms with E-state index in [-0.39, 0.29) is 11.6 Å². The highest BCUT2D eigenvalue weighted by Crippen LogP contribution is 2.28. The number of ether oxygens (including phenoxy) is 1. The first kappa shape index (κ1) is 20.4. The van der Waals surface area contributed by atoms with Crippen molar-refractivity contribution in [3.05, 3.63) is 47.4 Å². The lowest BCUT2D eigenvalue weighted by molar-refractivity contribution is 0.0000885. The number of nitrogens with zero attached hydrogens (tertiary/aromatic N) is 2. The normalized spacial score (nSPS) is 20.8. The van der Waals surface area contributed by atoms with Crippen LogP contribution in [0.1, 0.15) is 25.3 Å². The Morgan fingerprint density at radius 3 is 2.36 bits per heavy atom. The van der Waals surface area contributed by atoms with E-state index in [0.29, 0.717) is 23.2 Å². The third-order valence-corrected chi connectivity index (χ3v) is 5.99. The van der Waals surface area contributed by atoms with E-state index in [1.54, 1.807) is 24.3 Å². The maximum Gasteiger partial charge on any atom is 0.124 e. The Hall–Kier alpha value is -2.38. The smallest absolute Gasteiger partial charge is 0.124 e. The van der Waals surface area contributed by atoms with Crippen LogP contribution in [0.5, 0.6) is 5.75 Å². The zero-order valence-corrected chi connectivity index (χ0v) is 16.7. The lowest BCUT2D eigenvalue weighted by Gasteiger charge is -2.42. The van der Waals surface area contributed by atoms with Gasteiger partial charge in [0.25, 0.3) is 0 Å². The second kappa shape index (κ2) is 9.21. The molecule has 2 heterocycles. The number of hydrogen-bond donors (Lipinski definition) is 4. The molecule has 154 valence electrons. The molecule has 0 saturated carbocycles. The molecule has 0 spiro atoms. The van der Waals surface area contributed by atoms with E-state index in [1.165, 1.54) is 0 Å². The van der Waals surface area contributed by atoms with Gasteiger partial charge in [-0.25, -0.2) is 0 Å². The Labute approximate surface area is 167 Å². The maximum absolute atomic E-state index is 10.0. The topological polar surface area (TPSA) is 114 Å². The van der Waals surface area contributed by atoms with Crippen molar-refractivity contribution < 1.29 is 9.84 Å². The first-order valence-corrected chi connectivity index (χ1v) is 10.0. The van der Waals surface area contributed by atoms with Gasteiger partial charge in [-0.2, -0.15) is 0 Å². The zero-order valence-electron chi connectivity index (χ0n) is 16.7. The number of benzene rings is 1. The summed E-state index contributed by atoms with van der Waals surface area (Å²) in [5.74, 6) is 1.04. The van der Waals surface area contributed by atoms with Gasteiger partial charge in [-0.3, -0.25) is 4.90 Å². The number of nitrogens with two attached hydrogens (primary N) is 3. The second-order valence-electron chi connectivity index (χ2n) is 7.67. The Morgan fingerprint density at radius 2 is 1.75 bits per heavy atom. The second-order valence-corrected chi connectivity index (χ2v) is 7.67. The summed E-state index contributed by atoms with van der Waals surface area (Å²) in [5, 5.41) is 10.0. The molecule has 2 aliphatic heterocycles. The number of aromatic hydroxyl groups is 1. The molecule has 0 bridgehead atoms. The average molecular weight is 388 g/mol. The fourth-order valence-electron chi connectivity index (χ4n) is 4.21. The predicted molar refractivity (Wildman–Crippen MR) is 112 cm³/mol. The Morgan fingerprint density at radius 1 is 1.11 bits per heavy atom. The summed E-state index contributed by atoms with van der Waals surface area (Å²) < 4.78 is 5.47. The maximum atomic E-state index is 10.0. The molecule has 7 nitrogen and oxygen atoms in total. The number of likely N-dealkylation sites (tertiary alicyclic amines) is 1. The van der Waals surface area contributed by atoms with Gasteiger partial charge in [0.2, 0.25) is 0 Å². The third kappa shape index (κ3) is 4.72. The van der Waals surface area contributed by atoms with Crippen molar-refractivity contribution in [1.29, 1.82) is 0 Å². The zero-order chi connectivity index (χ0) is 20.1. The van der Waals surface area contributed by atoms with Gasteiger partial charge in [-0.05, 0) is 43.9 Å². The molecule has 1 aromatic rings. The van der Waals surface area contributed by atoms with Crippen LogP contribution in [0.4, 0.5) is 0 Å². The number of phenolic OH excluding ortho intramolecular Hbond substituents is 1. The van der Waals surface area contributed by atoms with Crippen LogP contribution < -0.4 is 17.2 Å². The van der Waals surface area contributed by atoms with Gasteiger partial charge >= 0.3 is 0 Å². The van der Waals surface area contributed by atoms with Crippen molar-refractivity contribution in [3.8, 4) is 5.75 Å². The van der Waals surface area contributed by atoms with Gasteiger partial charge in [-0.15, -0.1) is 0 Å². The van der Waals surface area contributed by atoms with Crippen LogP contribution in [-0.4, -0.2) is 60.3 Å². The van der Waals surface area contributed by atoms with Crippen LogP contribution in [0.15, 0.2) is 41.9 Å². The summed E-state index contributed by atoms with van der Waals surface area (Å²) in [7, 11) is 0. The van der Waals surface area contributed by atoms with Gasteiger partial charge in [0, 0.05) is 43.5 Å². The quantitative estimate of drug-likeness (QED) is 0.562. The van der Waals surface area contributed by atoms with Gasteiger partial charge in [0.05, 0.1) is 18.9 Å². The number of allylic oxidation sites excluding steroid dienone is 1. The minimum absolute atomic E-state index is 0.143. The number of rotatable bonds is 5. The van der Waals surface area contributed by atoms with Crippen molar-refractivity contribution in [3.63, 3.8) is 0 Å². The van der Waals surface area contributed by atoms with Crippen molar-refractivity contribution in [2.75, 3.05) is 39.4 Å². The third-order valence-electron chi connectivity index (χ3n) is 5.99. The molecule has 0 aromatic heterocycles. The van der Waals surface area contributed by atoms with Crippen LogP contribution in [0.3, 0.4) is 0 Å². The Balaban J connectivity index is 1.66. The van der Waals surface area contributed by atoms with Crippen LogP contribution in [-0.2, 0) is 4.74 Å². The summed E-state index contributed by atoms with van der Waals surface area (Å²) in [6.07, 6.45) is 3.94. The molecule has 2 aliphatic rings. The van der Waals surface area contributed by atoms with Gasteiger partial charge < -0.3 is 31.9 Å². The van der Waals surface area contributed by atoms with Crippen molar-refractivity contribution in [2.45, 2.75) is 25.8 Å². The van der Waals surface area contributed by atoms with Crippen molar-refractivity contribution in [2.24, 2.45) is 23.1 Å². The summed E-state index contributed by atoms with van der Waals surface area (Å²) >= 11 is 0. The number of piperidine rings is 1. The highest BCUT2D eigenvalue weighted by molar-refractivity contribution is 5.69. The molecule has 1 unspecified atom stereocenters. The van der Waals surface area contributed by atoms with Crippen molar-refractivity contribution >= 4 is 5.70 Å². The van der Waals surface area contributed by atoms with Crippen LogP contribution in [0, 0.1) is 5.92 Å². The standard InChI is InChI=1S/C21H33N5O2/c1-15(25-10-12-28-13-11-25)16-6-8-26(9-7-16)19(21(23)24)14-18(22)17-4-2-3-5-20(17)27/h2-5,14-16,27H,6-13,22-24H2,1H3/b18-14-. The number of phenols is 1. The molecule has 7 heteroatoms. The monoisotopic (exact) mass is 387 g/mol. The first-order chi connectivity index (χ1) is 13.5. The van der Waals surface area contributed by atoms with Gasteiger partial charge in [-0.1, -0.05) is 12.1 Å². The van der Waals surface area contributed by atoms with Crippen LogP contribution >= 0.6 is 0 Å². The molecule has 7 N–H and O–H groups in total. The number of morpholine rings is 1. The summed E-state index contributed by atoms with van der Waals surface area (Å²) in [6.45, 7) is 7.79. The number of para-hydroxylation sites is 1. The summed E-state index contributed by atoms with van der Waals surface area (Å²) in [5.41, 5.74) is 19.9. The van der Waals surface area contributed by atoms with Crippen molar-refractivity contribution in [1.82, 2.24) is 9.80 Å². The van der Waals surface area contributed by atoms with E-state index < -0.39 is 0 Å². The molecule has 2 saturated heterocycles. The molecule has 0 aliphatic carbocycles. The largest absolute Gasteiger partial charge is 0.507 e. The molecular weight excluding hydrogens is 354 g/mol. The lowest BCUT2D eigenvalue weighted by Crippen LogP contribution is -2.48.